The summed E-state index contributed by atoms with van der Waals surface area (Å²) in [6.45, 7) is 6.60. The molecule has 4 heteroatoms. The molecule has 0 saturated heterocycles. The maximum absolute atomic E-state index is 4.89. The van der Waals surface area contributed by atoms with Crippen molar-refractivity contribution in [2.45, 2.75) is 45.1 Å². The first kappa shape index (κ1) is 18.4. The predicted octanol–water partition coefficient (Wildman–Crippen LogP) is 7.90. The Balaban J connectivity index is 2.08. The summed E-state index contributed by atoms with van der Waals surface area (Å²) >= 11 is 16.3. The van der Waals surface area contributed by atoms with Gasteiger partial charge in [-0.05, 0) is 56.6 Å². The van der Waals surface area contributed by atoms with Crippen molar-refractivity contribution in [3.8, 4) is 0 Å². The fourth-order valence-corrected chi connectivity index (χ4v) is 5.54. The fraction of sp³-hybridized carbons (Fsp3) is 0.182. The second-order valence-electron chi connectivity index (χ2n) is 7.53. The molecular weight excluding hydrogens is 393 g/mol. The summed E-state index contributed by atoms with van der Waals surface area (Å²) in [4.78, 5) is 3.91. The smallest absolute Gasteiger partial charge is 0.0362 e. The molecule has 0 heterocycles. The third kappa shape index (κ3) is 3.22. The highest BCUT2D eigenvalue weighted by Gasteiger charge is 2.20. The summed E-state index contributed by atoms with van der Waals surface area (Å²) in [5, 5.41) is 7.16. The van der Waals surface area contributed by atoms with Crippen molar-refractivity contribution >= 4 is 82.0 Å². The van der Waals surface area contributed by atoms with Gasteiger partial charge >= 0.3 is 0 Å². The molecular formula is C22H20S4. The lowest BCUT2D eigenvalue weighted by Gasteiger charge is -2.22. The van der Waals surface area contributed by atoms with Crippen molar-refractivity contribution in [3.05, 3.63) is 48.5 Å². The van der Waals surface area contributed by atoms with Gasteiger partial charge in [-0.25, -0.2) is 0 Å². The van der Waals surface area contributed by atoms with Crippen LogP contribution in [0.3, 0.4) is 0 Å². The van der Waals surface area contributed by atoms with Crippen LogP contribution in [0.4, 0.5) is 0 Å². The maximum atomic E-state index is 4.89. The number of hydrogen-bond donors (Lipinski definition) is 3. The van der Waals surface area contributed by atoms with Crippen LogP contribution < -0.4 is 0 Å². The van der Waals surface area contributed by atoms with E-state index >= 15 is 0 Å². The molecule has 26 heavy (non-hydrogen) atoms. The average molecular weight is 413 g/mol. The molecule has 0 N–H and O–H groups in total. The average Bonchev–Trinajstić information content (AvgIpc) is 2.59. The summed E-state index contributed by atoms with van der Waals surface area (Å²) in [5.41, 5.74) is 0. The van der Waals surface area contributed by atoms with E-state index in [0.29, 0.717) is 0 Å². The van der Waals surface area contributed by atoms with E-state index in [1.165, 1.54) is 21.5 Å². The van der Waals surface area contributed by atoms with Gasteiger partial charge in [-0.15, -0.1) is 49.6 Å². The monoisotopic (exact) mass is 412 g/mol. The van der Waals surface area contributed by atoms with Crippen molar-refractivity contribution < 1.29 is 0 Å². The Morgan fingerprint density at radius 2 is 1.15 bits per heavy atom. The van der Waals surface area contributed by atoms with Crippen LogP contribution in [-0.2, 0) is 0 Å². The highest BCUT2D eigenvalue weighted by atomic mass is 32.2. The summed E-state index contributed by atoms with van der Waals surface area (Å²) in [7, 11) is 0. The lowest BCUT2D eigenvalue weighted by atomic mass is 9.99. The Morgan fingerprint density at radius 3 is 1.65 bits per heavy atom. The van der Waals surface area contributed by atoms with E-state index in [9.17, 15) is 0 Å². The van der Waals surface area contributed by atoms with E-state index in [2.05, 4.69) is 69.3 Å². The van der Waals surface area contributed by atoms with Crippen molar-refractivity contribution in [1.29, 1.82) is 0 Å². The molecule has 0 aliphatic heterocycles. The zero-order chi connectivity index (χ0) is 18.6. The molecule has 0 nitrogen and oxygen atoms in total. The highest BCUT2D eigenvalue weighted by Crippen LogP contribution is 2.47. The molecule has 0 aliphatic carbocycles. The zero-order valence-electron chi connectivity index (χ0n) is 14.9. The standard InChI is InChI=1S/C22H20S4/c1-22(2,3)26-21-19(24)17-11-15-9-13-7-5-4-6-12(13)8-14(15)10-16(17)18(23)20(21)25/h4-11,23-25H,1-3H3. The first-order valence-corrected chi connectivity index (χ1v) is 10.6. The van der Waals surface area contributed by atoms with E-state index < -0.39 is 0 Å². The van der Waals surface area contributed by atoms with Gasteiger partial charge in [0.05, 0.1) is 0 Å². The van der Waals surface area contributed by atoms with Crippen molar-refractivity contribution in [2.24, 2.45) is 0 Å². The third-order valence-electron chi connectivity index (χ3n) is 4.41. The van der Waals surface area contributed by atoms with Crippen LogP contribution in [-0.4, -0.2) is 4.75 Å². The van der Waals surface area contributed by atoms with E-state index in [-0.39, 0.29) is 4.75 Å². The summed E-state index contributed by atoms with van der Waals surface area (Å²) < 4.78 is 0.0793. The number of rotatable bonds is 1. The topological polar surface area (TPSA) is 0 Å². The SMILES string of the molecule is CC(C)(C)Sc1c(S)c(S)c2cc3cc4ccccc4cc3cc2c1S. The lowest BCUT2D eigenvalue weighted by Crippen LogP contribution is -2.07. The largest absolute Gasteiger partial charge is 0.142 e. The van der Waals surface area contributed by atoms with Gasteiger partial charge in [-0.2, -0.15) is 0 Å². The molecule has 0 aromatic heterocycles. The van der Waals surface area contributed by atoms with Gasteiger partial charge < -0.3 is 0 Å². The Labute approximate surface area is 175 Å². The Morgan fingerprint density at radius 1 is 0.654 bits per heavy atom. The zero-order valence-corrected chi connectivity index (χ0v) is 18.4. The van der Waals surface area contributed by atoms with Crippen LogP contribution in [0.15, 0.2) is 68.1 Å². The minimum atomic E-state index is 0.0793. The van der Waals surface area contributed by atoms with Crippen LogP contribution >= 0.6 is 49.6 Å². The number of hydrogen-bond acceptors (Lipinski definition) is 4. The summed E-state index contributed by atoms with van der Waals surface area (Å²) in [5.74, 6) is 0. The van der Waals surface area contributed by atoms with E-state index in [1.54, 1.807) is 11.8 Å². The van der Waals surface area contributed by atoms with Crippen LogP contribution in [0, 0.1) is 0 Å². The van der Waals surface area contributed by atoms with Crippen molar-refractivity contribution in [2.75, 3.05) is 0 Å². The lowest BCUT2D eigenvalue weighted by molar-refractivity contribution is 0.798. The first-order chi connectivity index (χ1) is 12.2. The molecule has 4 aromatic carbocycles. The van der Waals surface area contributed by atoms with E-state index in [4.69, 9.17) is 37.9 Å². The van der Waals surface area contributed by atoms with Crippen molar-refractivity contribution in [3.63, 3.8) is 0 Å². The number of thioether (sulfide) groups is 1. The van der Waals surface area contributed by atoms with Crippen LogP contribution in [0.1, 0.15) is 20.8 Å². The quantitative estimate of drug-likeness (QED) is 0.162. The van der Waals surface area contributed by atoms with Gasteiger partial charge in [0.2, 0.25) is 0 Å². The molecule has 0 fully saturated rings. The number of benzene rings is 4. The molecule has 0 spiro atoms. The third-order valence-corrected chi connectivity index (χ3v) is 7.49. The second-order valence-corrected chi connectivity index (χ2v) is 10.7. The van der Waals surface area contributed by atoms with Crippen LogP contribution in [0.5, 0.6) is 0 Å². The molecule has 0 amide bonds. The number of fused-ring (bicyclic) bond motifs is 3. The Bertz CT molecular complexity index is 1170. The van der Waals surface area contributed by atoms with Gasteiger partial charge in [-0.3, -0.25) is 0 Å². The van der Waals surface area contributed by atoms with Crippen LogP contribution in [0.2, 0.25) is 0 Å². The van der Waals surface area contributed by atoms with Gasteiger partial charge in [0.25, 0.3) is 0 Å². The Kier molecular flexibility index (Phi) is 4.67. The Hall–Kier alpha value is -0.940. The fourth-order valence-electron chi connectivity index (χ4n) is 3.26. The molecule has 0 radical (unpaired) electrons. The molecule has 4 rings (SSSR count). The molecule has 0 aliphatic rings. The minimum absolute atomic E-state index is 0.0793. The van der Waals surface area contributed by atoms with Crippen molar-refractivity contribution in [1.82, 2.24) is 0 Å². The highest BCUT2D eigenvalue weighted by molar-refractivity contribution is 8.01. The van der Waals surface area contributed by atoms with Gasteiger partial charge in [0, 0.05) is 24.3 Å². The molecule has 0 bridgehead atoms. The number of thiol groups is 3. The predicted molar refractivity (Wildman–Crippen MR) is 126 cm³/mol. The van der Waals surface area contributed by atoms with E-state index in [1.807, 2.05) is 0 Å². The molecule has 132 valence electrons. The van der Waals surface area contributed by atoms with Gasteiger partial charge in [0.1, 0.15) is 0 Å². The minimum Gasteiger partial charge on any atom is -0.142 e. The molecule has 0 unspecified atom stereocenters. The molecule has 4 aromatic rings. The molecule has 0 atom stereocenters. The van der Waals surface area contributed by atoms with E-state index in [0.717, 1.165) is 30.4 Å². The summed E-state index contributed by atoms with van der Waals surface area (Å²) in [6, 6.07) is 17.4. The summed E-state index contributed by atoms with van der Waals surface area (Å²) in [6.07, 6.45) is 0. The normalized spacial score (nSPS) is 12.4. The van der Waals surface area contributed by atoms with Crippen LogP contribution in [0.25, 0.3) is 32.3 Å². The molecule has 0 saturated carbocycles. The van der Waals surface area contributed by atoms with Gasteiger partial charge in [-0.1, -0.05) is 45.0 Å². The van der Waals surface area contributed by atoms with Gasteiger partial charge in [0.15, 0.2) is 0 Å². The first-order valence-electron chi connectivity index (χ1n) is 8.47. The maximum Gasteiger partial charge on any atom is 0.0362 e. The second kappa shape index (κ2) is 6.59.